The molecule has 2 N–H and O–H groups in total. The summed E-state index contributed by atoms with van der Waals surface area (Å²) in [6, 6.07) is 4.76. The highest BCUT2D eigenvalue weighted by atomic mass is 127. The molecule has 8 heteroatoms. The predicted molar refractivity (Wildman–Crippen MR) is 134 cm³/mol. The Kier molecular flexibility index (Phi) is 15.9. The van der Waals surface area contributed by atoms with E-state index < -0.39 is 0 Å². The number of nitrogens with zero attached hydrogens (tertiary/aromatic N) is 2. The van der Waals surface area contributed by atoms with E-state index in [9.17, 15) is 0 Å². The van der Waals surface area contributed by atoms with Crippen LogP contribution in [0.25, 0.3) is 0 Å². The molecule has 0 saturated carbocycles. The second-order valence-corrected chi connectivity index (χ2v) is 7.98. The summed E-state index contributed by atoms with van der Waals surface area (Å²) in [5.74, 6) is 0.867. The molecule has 6 nitrogen and oxygen atoms in total. The van der Waals surface area contributed by atoms with Gasteiger partial charge < -0.3 is 20.1 Å². The van der Waals surface area contributed by atoms with Crippen molar-refractivity contribution < 1.29 is 9.47 Å². The number of guanidine groups is 1. The number of thiophene rings is 1. The molecule has 1 aliphatic heterocycles. The maximum absolute atomic E-state index is 5.63. The molecule has 168 valence electrons. The number of aliphatic imine (C=N–C) groups is 1. The number of hydrogen-bond donors (Lipinski definition) is 2. The van der Waals surface area contributed by atoms with E-state index in [-0.39, 0.29) is 24.0 Å². The molecule has 0 aliphatic carbocycles. The van der Waals surface area contributed by atoms with Crippen molar-refractivity contribution >= 4 is 41.3 Å². The van der Waals surface area contributed by atoms with Gasteiger partial charge in [0.2, 0.25) is 0 Å². The van der Waals surface area contributed by atoms with Crippen LogP contribution >= 0.6 is 35.3 Å². The van der Waals surface area contributed by atoms with Crippen LogP contribution in [0.3, 0.4) is 0 Å². The highest BCUT2D eigenvalue weighted by Crippen LogP contribution is 2.28. The molecular formula is C21H39IN4O2S. The number of unbranched alkanes of at least 4 members (excludes halogenated alkanes) is 1. The Morgan fingerprint density at radius 3 is 2.55 bits per heavy atom. The van der Waals surface area contributed by atoms with Gasteiger partial charge in [-0.1, -0.05) is 19.4 Å². The zero-order valence-electron chi connectivity index (χ0n) is 18.0. The fraction of sp³-hybridized carbons (Fsp3) is 0.762. The molecular weight excluding hydrogens is 499 g/mol. The van der Waals surface area contributed by atoms with Gasteiger partial charge in [0.15, 0.2) is 5.96 Å². The van der Waals surface area contributed by atoms with Gasteiger partial charge in [0.05, 0.1) is 32.4 Å². The smallest absolute Gasteiger partial charge is 0.191 e. The minimum Gasteiger partial charge on any atom is -0.379 e. The van der Waals surface area contributed by atoms with E-state index in [2.05, 4.69) is 46.9 Å². The van der Waals surface area contributed by atoms with Crippen molar-refractivity contribution in [3.05, 3.63) is 22.4 Å². The van der Waals surface area contributed by atoms with Crippen molar-refractivity contribution in [3.63, 3.8) is 0 Å². The summed E-state index contributed by atoms with van der Waals surface area (Å²) in [4.78, 5) is 8.84. The molecule has 0 amide bonds. The van der Waals surface area contributed by atoms with Crippen LogP contribution in [0.15, 0.2) is 22.5 Å². The molecule has 0 radical (unpaired) electrons. The van der Waals surface area contributed by atoms with Crippen LogP contribution in [0.1, 0.15) is 50.4 Å². The first-order chi connectivity index (χ1) is 13.8. The molecule has 2 rings (SSSR count). The quantitative estimate of drug-likeness (QED) is 0.163. The summed E-state index contributed by atoms with van der Waals surface area (Å²) in [6.07, 6.45) is 4.88. The summed E-state index contributed by atoms with van der Waals surface area (Å²) in [6.45, 7) is 11.8. The average Bonchev–Trinajstić information content (AvgIpc) is 3.41. The van der Waals surface area contributed by atoms with Crippen LogP contribution < -0.4 is 10.6 Å². The topological polar surface area (TPSA) is 58.1 Å². The van der Waals surface area contributed by atoms with E-state index in [0.29, 0.717) is 25.9 Å². The van der Waals surface area contributed by atoms with Crippen molar-refractivity contribution in [1.29, 1.82) is 0 Å². The molecule has 1 fully saturated rings. The van der Waals surface area contributed by atoms with Crippen LogP contribution in [0.4, 0.5) is 0 Å². The van der Waals surface area contributed by atoms with Gasteiger partial charge in [0.25, 0.3) is 0 Å². The zero-order chi connectivity index (χ0) is 19.9. The number of likely N-dealkylation sites (tertiary alicyclic amines) is 1. The first-order valence-corrected chi connectivity index (χ1v) is 11.7. The first-order valence-electron chi connectivity index (χ1n) is 10.8. The van der Waals surface area contributed by atoms with Crippen molar-refractivity contribution in [2.75, 3.05) is 59.2 Å². The number of halogens is 1. The van der Waals surface area contributed by atoms with Gasteiger partial charge in [0, 0.05) is 24.6 Å². The van der Waals surface area contributed by atoms with Crippen LogP contribution in [0, 0.1) is 0 Å². The molecule has 1 atom stereocenters. The van der Waals surface area contributed by atoms with E-state index in [1.54, 1.807) is 0 Å². The second kappa shape index (κ2) is 17.3. The van der Waals surface area contributed by atoms with Crippen molar-refractivity contribution in [2.24, 2.45) is 4.99 Å². The largest absolute Gasteiger partial charge is 0.379 e. The van der Waals surface area contributed by atoms with Gasteiger partial charge in [-0.05, 0) is 50.7 Å². The Labute approximate surface area is 197 Å². The summed E-state index contributed by atoms with van der Waals surface area (Å²) in [5, 5.41) is 8.89. The third-order valence-electron chi connectivity index (χ3n) is 4.77. The molecule has 2 heterocycles. The maximum atomic E-state index is 5.63. The van der Waals surface area contributed by atoms with Gasteiger partial charge in [-0.25, -0.2) is 0 Å². The van der Waals surface area contributed by atoms with Crippen molar-refractivity contribution in [3.8, 4) is 0 Å². The third kappa shape index (κ3) is 11.0. The Bertz CT molecular complexity index is 525. The second-order valence-electron chi connectivity index (χ2n) is 7.00. The first kappa shape index (κ1) is 26.6. The summed E-state index contributed by atoms with van der Waals surface area (Å²) in [5.41, 5.74) is 0. The lowest BCUT2D eigenvalue weighted by atomic mass is 10.2. The zero-order valence-corrected chi connectivity index (χ0v) is 21.2. The van der Waals surface area contributed by atoms with E-state index in [1.165, 1.54) is 37.2 Å². The number of ether oxygens (including phenoxy) is 2. The predicted octanol–water partition coefficient (Wildman–Crippen LogP) is 3.89. The molecule has 0 aromatic carbocycles. The van der Waals surface area contributed by atoms with E-state index in [0.717, 1.165) is 38.6 Å². The molecule has 29 heavy (non-hydrogen) atoms. The average molecular weight is 539 g/mol. The van der Waals surface area contributed by atoms with Crippen molar-refractivity contribution in [2.45, 2.75) is 45.6 Å². The van der Waals surface area contributed by atoms with Gasteiger partial charge >= 0.3 is 0 Å². The van der Waals surface area contributed by atoms with Gasteiger partial charge in [-0.3, -0.25) is 9.89 Å². The third-order valence-corrected chi connectivity index (χ3v) is 5.75. The lowest BCUT2D eigenvalue weighted by molar-refractivity contribution is 0.0487. The minimum atomic E-state index is 0. The molecule has 1 unspecified atom stereocenters. The SMILES string of the molecule is CCCCOCCOCCNC(=NCC(c1cccs1)N1CCCC1)NCC.I. The number of rotatable bonds is 14. The Morgan fingerprint density at radius 1 is 1.14 bits per heavy atom. The Balaban J connectivity index is 0.00000420. The molecule has 0 spiro atoms. The van der Waals surface area contributed by atoms with Crippen molar-refractivity contribution in [1.82, 2.24) is 15.5 Å². The summed E-state index contributed by atoms with van der Waals surface area (Å²) >= 11 is 1.83. The molecule has 1 aromatic rings. The van der Waals surface area contributed by atoms with Gasteiger partial charge in [0.1, 0.15) is 0 Å². The fourth-order valence-electron chi connectivity index (χ4n) is 3.25. The highest BCUT2D eigenvalue weighted by molar-refractivity contribution is 14.0. The van der Waals surface area contributed by atoms with E-state index in [4.69, 9.17) is 14.5 Å². The lowest BCUT2D eigenvalue weighted by Crippen LogP contribution is -2.40. The monoisotopic (exact) mass is 538 g/mol. The summed E-state index contributed by atoms with van der Waals surface area (Å²) < 4.78 is 11.1. The van der Waals surface area contributed by atoms with Crippen LogP contribution in [0.5, 0.6) is 0 Å². The van der Waals surface area contributed by atoms with Gasteiger partial charge in [-0.15, -0.1) is 35.3 Å². The maximum Gasteiger partial charge on any atom is 0.191 e. The number of hydrogen-bond acceptors (Lipinski definition) is 5. The Hall–Kier alpha value is -0.420. The molecule has 1 aromatic heterocycles. The molecule has 1 saturated heterocycles. The number of nitrogens with one attached hydrogen (secondary N) is 2. The lowest BCUT2D eigenvalue weighted by Gasteiger charge is -2.25. The molecule has 0 bridgehead atoms. The van der Waals surface area contributed by atoms with Crippen LogP contribution in [-0.4, -0.2) is 70.0 Å². The van der Waals surface area contributed by atoms with Gasteiger partial charge in [-0.2, -0.15) is 0 Å². The van der Waals surface area contributed by atoms with Crippen LogP contribution in [0.2, 0.25) is 0 Å². The highest BCUT2D eigenvalue weighted by Gasteiger charge is 2.24. The normalized spacial score (nSPS) is 15.9. The van der Waals surface area contributed by atoms with E-state index >= 15 is 0 Å². The van der Waals surface area contributed by atoms with E-state index in [1.807, 2.05) is 11.3 Å². The minimum absolute atomic E-state index is 0. The summed E-state index contributed by atoms with van der Waals surface area (Å²) in [7, 11) is 0. The van der Waals surface area contributed by atoms with Crippen LogP contribution in [-0.2, 0) is 9.47 Å². The standard InChI is InChI=1S/C21H38N4O2S.HI/c1-3-5-13-26-15-16-27-14-10-23-21(22-4-2)24-18-19(20-9-8-17-28-20)25-11-6-7-12-25;/h8-9,17,19H,3-7,10-16,18H2,1-2H3,(H2,22,23,24);1H. The Morgan fingerprint density at radius 2 is 1.90 bits per heavy atom. The fourth-order valence-corrected chi connectivity index (χ4v) is 4.10. The molecule has 1 aliphatic rings.